The summed E-state index contributed by atoms with van der Waals surface area (Å²) in [7, 11) is 0. The van der Waals surface area contributed by atoms with Crippen LogP contribution in [0.2, 0.25) is 0 Å². The second-order valence-corrected chi connectivity index (χ2v) is 6.35. The number of hydrogen-bond donors (Lipinski definition) is 0. The van der Waals surface area contributed by atoms with E-state index < -0.39 is 0 Å². The summed E-state index contributed by atoms with van der Waals surface area (Å²) in [6, 6.07) is 14.2. The second kappa shape index (κ2) is 8.73. The molecule has 0 radical (unpaired) electrons. The molecule has 0 amide bonds. The standard InChI is InChI=1S/C21H28O/c1-3-4-5-6-7-8-12-17(2)21(22)20-16-11-14-18-13-9-10-15-19(18)20/h9-11,13-17H,3-8,12H2,1-2H3. The van der Waals surface area contributed by atoms with Crippen molar-refractivity contribution in [3.63, 3.8) is 0 Å². The van der Waals surface area contributed by atoms with Crippen molar-refractivity contribution in [3.8, 4) is 0 Å². The maximum Gasteiger partial charge on any atom is 0.166 e. The van der Waals surface area contributed by atoms with Crippen LogP contribution in [0.4, 0.5) is 0 Å². The SMILES string of the molecule is CCCCCCCCC(C)C(=O)c1cccc2ccccc12. The molecule has 22 heavy (non-hydrogen) atoms. The third-order valence-corrected chi connectivity index (χ3v) is 4.49. The van der Waals surface area contributed by atoms with Gasteiger partial charge in [-0.25, -0.2) is 0 Å². The highest BCUT2D eigenvalue weighted by Gasteiger charge is 2.16. The first-order valence-electron chi connectivity index (χ1n) is 8.76. The molecule has 118 valence electrons. The smallest absolute Gasteiger partial charge is 0.166 e. The summed E-state index contributed by atoms with van der Waals surface area (Å²) in [6.45, 7) is 4.32. The number of Topliss-reactive ketones (excluding diaryl/α,β-unsaturated/α-hetero) is 1. The molecule has 0 saturated carbocycles. The Morgan fingerprint density at radius 1 is 0.909 bits per heavy atom. The van der Waals surface area contributed by atoms with Gasteiger partial charge < -0.3 is 0 Å². The molecule has 1 atom stereocenters. The van der Waals surface area contributed by atoms with Gasteiger partial charge in [0.1, 0.15) is 0 Å². The molecular weight excluding hydrogens is 268 g/mol. The minimum Gasteiger partial charge on any atom is -0.294 e. The van der Waals surface area contributed by atoms with Gasteiger partial charge in [-0.05, 0) is 17.2 Å². The Morgan fingerprint density at radius 2 is 1.59 bits per heavy atom. The molecule has 1 unspecified atom stereocenters. The van der Waals surface area contributed by atoms with Crippen LogP contribution in [0.15, 0.2) is 42.5 Å². The van der Waals surface area contributed by atoms with Gasteiger partial charge >= 0.3 is 0 Å². The number of unbranched alkanes of at least 4 members (excludes halogenated alkanes) is 5. The van der Waals surface area contributed by atoms with Crippen molar-refractivity contribution in [2.45, 2.75) is 58.8 Å². The Morgan fingerprint density at radius 3 is 2.41 bits per heavy atom. The number of ketones is 1. The van der Waals surface area contributed by atoms with Crippen LogP contribution in [0.3, 0.4) is 0 Å². The molecule has 2 aromatic carbocycles. The lowest BCUT2D eigenvalue weighted by Crippen LogP contribution is -2.11. The monoisotopic (exact) mass is 296 g/mol. The quantitative estimate of drug-likeness (QED) is 0.386. The van der Waals surface area contributed by atoms with Crippen LogP contribution < -0.4 is 0 Å². The molecule has 2 aromatic rings. The zero-order chi connectivity index (χ0) is 15.8. The van der Waals surface area contributed by atoms with Crippen LogP contribution in [0.1, 0.15) is 69.2 Å². The molecular formula is C21H28O. The molecule has 0 heterocycles. The summed E-state index contributed by atoms with van der Waals surface area (Å²) in [5.74, 6) is 0.419. The van der Waals surface area contributed by atoms with E-state index in [4.69, 9.17) is 0 Å². The molecule has 1 nitrogen and oxygen atoms in total. The number of fused-ring (bicyclic) bond motifs is 1. The van der Waals surface area contributed by atoms with Crippen molar-refractivity contribution < 1.29 is 4.79 Å². The third kappa shape index (κ3) is 4.43. The van der Waals surface area contributed by atoms with Gasteiger partial charge in [0.2, 0.25) is 0 Å². The van der Waals surface area contributed by atoms with E-state index in [0.29, 0.717) is 5.78 Å². The van der Waals surface area contributed by atoms with Gasteiger partial charge in [-0.1, -0.05) is 94.8 Å². The van der Waals surface area contributed by atoms with E-state index in [-0.39, 0.29) is 5.92 Å². The first kappa shape index (κ1) is 16.7. The van der Waals surface area contributed by atoms with Crippen LogP contribution >= 0.6 is 0 Å². The van der Waals surface area contributed by atoms with Gasteiger partial charge in [0, 0.05) is 11.5 Å². The molecule has 0 aliphatic rings. The Hall–Kier alpha value is -1.63. The molecule has 0 bridgehead atoms. The van der Waals surface area contributed by atoms with Crippen molar-refractivity contribution in [3.05, 3.63) is 48.0 Å². The van der Waals surface area contributed by atoms with Crippen LogP contribution in [0, 0.1) is 5.92 Å². The maximum atomic E-state index is 12.7. The average molecular weight is 296 g/mol. The number of carbonyl (C=O) groups excluding carboxylic acids is 1. The Balaban J connectivity index is 1.92. The van der Waals surface area contributed by atoms with E-state index in [1.807, 2.05) is 24.3 Å². The van der Waals surface area contributed by atoms with Crippen molar-refractivity contribution in [1.82, 2.24) is 0 Å². The Labute approximate surface area is 134 Å². The number of carbonyl (C=O) groups is 1. The summed E-state index contributed by atoms with van der Waals surface area (Å²) < 4.78 is 0. The highest BCUT2D eigenvalue weighted by molar-refractivity contribution is 6.08. The lowest BCUT2D eigenvalue weighted by molar-refractivity contribution is 0.0924. The maximum absolute atomic E-state index is 12.7. The summed E-state index contributed by atoms with van der Waals surface area (Å²) in [6.07, 6.45) is 8.70. The summed E-state index contributed by atoms with van der Waals surface area (Å²) >= 11 is 0. The summed E-state index contributed by atoms with van der Waals surface area (Å²) in [5, 5.41) is 2.24. The topological polar surface area (TPSA) is 17.1 Å². The second-order valence-electron chi connectivity index (χ2n) is 6.35. The van der Waals surface area contributed by atoms with Gasteiger partial charge in [0.15, 0.2) is 5.78 Å². The highest BCUT2D eigenvalue weighted by atomic mass is 16.1. The molecule has 2 rings (SSSR count). The van der Waals surface area contributed by atoms with Crippen LogP contribution in [0.5, 0.6) is 0 Å². The predicted octanol–water partition coefficient (Wildman–Crippen LogP) is 6.41. The molecule has 1 heteroatoms. The molecule has 0 fully saturated rings. The van der Waals surface area contributed by atoms with Crippen molar-refractivity contribution in [2.75, 3.05) is 0 Å². The van der Waals surface area contributed by atoms with Gasteiger partial charge in [-0.15, -0.1) is 0 Å². The van der Waals surface area contributed by atoms with E-state index in [2.05, 4.69) is 32.0 Å². The molecule has 0 spiro atoms. The first-order valence-corrected chi connectivity index (χ1v) is 8.76. The average Bonchev–Trinajstić information content (AvgIpc) is 2.56. The fraction of sp³-hybridized carbons (Fsp3) is 0.476. The molecule has 0 aliphatic heterocycles. The third-order valence-electron chi connectivity index (χ3n) is 4.49. The van der Waals surface area contributed by atoms with Crippen molar-refractivity contribution >= 4 is 16.6 Å². The molecule has 0 aliphatic carbocycles. The predicted molar refractivity (Wildman–Crippen MR) is 95.4 cm³/mol. The van der Waals surface area contributed by atoms with Crippen LogP contribution in [0.25, 0.3) is 10.8 Å². The Kier molecular flexibility index (Phi) is 6.64. The summed E-state index contributed by atoms with van der Waals surface area (Å²) in [5.41, 5.74) is 0.886. The minimum absolute atomic E-state index is 0.122. The van der Waals surface area contributed by atoms with E-state index in [9.17, 15) is 4.79 Å². The van der Waals surface area contributed by atoms with E-state index in [1.54, 1.807) is 0 Å². The fourth-order valence-corrected chi connectivity index (χ4v) is 3.07. The molecule has 0 saturated heterocycles. The lowest BCUT2D eigenvalue weighted by atomic mass is 9.91. The van der Waals surface area contributed by atoms with Gasteiger partial charge in [0.05, 0.1) is 0 Å². The van der Waals surface area contributed by atoms with Crippen molar-refractivity contribution in [2.24, 2.45) is 5.92 Å². The van der Waals surface area contributed by atoms with E-state index in [0.717, 1.165) is 22.8 Å². The number of rotatable bonds is 9. The molecule has 0 aromatic heterocycles. The Bertz CT molecular complexity index is 594. The number of benzene rings is 2. The van der Waals surface area contributed by atoms with Crippen molar-refractivity contribution in [1.29, 1.82) is 0 Å². The van der Waals surface area contributed by atoms with Crippen LogP contribution in [-0.2, 0) is 0 Å². The highest BCUT2D eigenvalue weighted by Crippen LogP contribution is 2.23. The minimum atomic E-state index is 0.122. The van der Waals surface area contributed by atoms with Crippen LogP contribution in [-0.4, -0.2) is 5.78 Å². The number of hydrogen-bond acceptors (Lipinski definition) is 1. The first-order chi connectivity index (χ1) is 10.7. The summed E-state index contributed by atoms with van der Waals surface area (Å²) in [4.78, 5) is 12.7. The van der Waals surface area contributed by atoms with Gasteiger partial charge in [-0.3, -0.25) is 4.79 Å². The largest absolute Gasteiger partial charge is 0.294 e. The lowest BCUT2D eigenvalue weighted by Gasteiger charge is -2.12. The van der Waals surface area contributed by atoms with E-state index in [1.165, 1.54) is 38.5 Å². The van der Waals surface area contributed by atoms with E-state index >= 15 is 0 Å². The van der Waals surface area contributed by atoms with Gasteiger partial charge in [-0.2, -0.15) is 0 Å². The zero-order valence-corrected chi connectivity index (χ0v) is 14.0. The van der Waals surface area contributed by atoms with Gasteiger partial charge in [0.25, 0.3) is 0 Å². The normalized spacial score (nSPS) is 12.5. The molecule has 0 N–H and O–H groups in total. The zero-order valence-electron chi connectivity index (χ0n) is 14.0. The fourth-order valence-electron chi connectivity index (χ4n) is 3.07.